The molecule has 0 spiro atoms. The summed E-state index contributed by atoms with van der Waals surface area (Å²) >= 11 is 0. The van der Waals surface area contributed by atoms with Gasteiger partial charge in [-0.15, -0.1) is 0 Å². The van der Waals surface area contributed by atoms with E-state index in [0.29, 0.717) is 5.92 Å². The summed E-state index contributed by atoms with van der Waals surface area (Å²) in [6, 6.07) is 5.90. The molecule has 1 aromatic rings. The van der Waals surface area contributed by atoms with E-state index in [1.807, 2.05) is 26.1 Å². The van der Waals surface area contributed by atoms with Crippen molar-refractivity contribution in [2.24, 2.45) is 16.8 Å². The van der Waals surface area contributed by atoms with Gasteiger partial charge in [-0.3, -0.25) is 0 Å². The topological polar surface area (TPSA) is 61.9 Å². The molecule has 0 aromatic heterocycles. The van der Waals surface area contributed by atoms with Crippen LogP contribution in [0.1, 0.15) is 25.0 Å². The number of nitrogens with two attached hydrogens (primary N) is 1. The third-order valence-corrected chi connectivity index (χ3v) is 2.59. The van der Waals surface area contributed by atoms with Gasteiger partial charge in [0.25, 0.3) is 0 Å². The SMILES string of the molecule is Cc1ccc(C(N)=NO)c(N(C)CC(C)C)c1. The molecule has 0 aliphatic rings. The fraction of sp³-hybridized carbons (Fsp3) is 0.462. The summed E-state index contributed by atoms with van der Waals surface area (Å²) < 4.78 is 0. The average Bonchev–Trinajstić information content (AvgIpc) is 2.27. The standard InChI is InChI=1S/C13H21N3O/c1-9(2)8-16(4)12-7-10(3)5-6-11(12)13(14)15-17/h5-7,9,17H,8H2,1-4H3,(H2,14,15). The molecule has 0 saturated heterocycles. The molecule has 4 heteroatoms. The van der Waals surface area contributed by atoms with Crippen LogP contribution in [0, 0.1) is 12.8 Å². The highest BCUT2D eigenvalue weighted by Gasteiger charge is 2.12. The quantitative estimate of drug-likeness (QED) is 0.364. The van der Waals surface area contributed by atoms with E-state index in [1.165, 1.54) is 0 Å². The van der Waals surface area contributed by atoms with Crippen LogP contribution in [0.2, 0.25) is 0 Å². The second kappa shape index (κ2) is 5.57. The first kappa shape index (κ1) is 13.4. The van der Waals surface area contributed by atoms with E-state index in [9.17, 15) is 0 Å². The van der Waals surface area contributed by atoms with E-state index < -0.39 is 0 Å². The summed E-state index contributed by atoms with van der Waals surface area (Å²) in [5.41, 5.74) is 8.60. The molecule has 3 N–H and O–H groups in total. The zero-order valence-corrected chi connectivity index (χ0v) is 10.9. The molecule has 1 aromatic carbocycles. The first-order valence-corrected chi connectivity index (χ1v) is 5.75. The van der Waals surface area contributed by atoms with E-state index >= 15 is 0 Å². The van der Waals surface area contributed by atoms with Crippen LogP contribution in [-0.2, 0) is 0 Å². The van der Waals surface area contributed by atoms with E-state index in [1.54, 1.807) is 0 Å². The van der Waals surface area contributed by atoms with Crippen LogP contribution in [0.3, 0.4) is 0 Å². The highest BCUT2D eigenvalue weighted by molar-refractivity contribution is 6.02. The second-order valence-electron chi connectivity index (χ2n) is 4.78. The van der Waals surface area contributed by atoms with Gasteiger partial charge in [-0.2, -0.15) is 0 Å². The molecule has 0 atom stereocenters. The third-order valence-electron chi connectivity index (χ3n) is 2.59. The maximum Gasteiger partial charge on any atom is 0.172 e. The lowest BCUT2D eigenvalue weighted by molar-refractivity contribution is 0.318. The summed E-state index contributed by atoms with van der Waals surface area (Å²) in [6.07, 6.45) is 0. The molecule has 94 valence electrons. The first-order chi connectivity index (χ1) is 7.95. The molecule has 0 bridgehead atoms. The fourth-order valence-corrected chi connectivity index (χ4v) is 1.87. The van der Waals surface area contributed by atoms with Crippen LogP contribution in [0.5, 0.6) is 0 Å². The van der Waals surface area contributed by atoms with Gasteiger partial charge in [0.05, 0.1) is 0 Å². The molecule has 0 aliphatic heterocycles. The lowest BCUT2D eigenvalue weighted by Gasteiger charge is -2.24. The molecule has 0 saturated carbocycles. The number of aryl methyl sites for hydroxylation is 1. The number of anilines is 1. The molecule has 1 rings (SSSR count). The van der Waals surface area contributed by atoms with Crippen molar-refractivity contribution in [3.8, 4) is 0 Å². The fourth-order valence-electron chi connectivity index (χ4n) is 1.87. The summed E-state index contributed by atoms with van der Waals surface area (Å²) in [7, 11) is 2.02. The Balaban J connectivity index is 3.15. The van der Waals surface area contributed by atoms with Gasteiger partial charge in [-0.05, 0) is 30.5 Å². The van der Waals surface area contributed by atoms with Crippen molar-refractivity contribution in [2.75, 3.05) is 18.5 Å². The maximum atomic E-state index is 8.79. The Morgan fingerprint density at radius 1 is 1.47 bits per heavy atom. The van der Waals surface area contributed by atoms with Crippen LogP contribution in [-0.4, -0.2) is 24.6 Å². The van der Waals surface area contributed by atoms with Crippen molar-refractivity contribution >= 4 is 11.5 Å². The van der Waals surface area contributed by atoms with E-state index in [-0.39, 0.29) is 5.84 Å². The summed E-state index contributed by atoms with van der Waals surface area (Å²) in [5, 5.41) is 11.9. The highest BCUT2D eigenvalue weighted by atomic mass is 16.4. The number of benzene rings is 1. The minimum Gasteiger partial charge on any atom is -0.409 e. The predicted octanol–water partition coefficient (Wildman–Crippen LogP) is 2.18. The van der Waals surface area contributed by atoms with Gasteiger partial charge < -0.3 is 15.8 Å². The molecule has 0 heterocycles. The minimum atomic E-state index is 0.149. The van der Waals surface area contributed by atoms with Gasteiger partial charge in [0.15, 0.2) is 5.84 Å². The van der Waals surface area contributed by atoms with Gasteiger partial charge in [0, 0.05) is 24.8 Å². The Morgan fingerprint density at radius 3 is 2.65 bits per heavy atom. The van der Waals surface area contributed by atoms with Crippen LogP contribution in [0.15, 0.2) is 23.4 Å². The molecular weight excluding hydrogens is 214 g/mol. The van der Waals surface area contributed by atoms with Crippen LogP contribution in [0.4, 0.5) is 5.69 Å². The summed E-state index contributed by atoms with van der Waals surface area (Å²) in [4.78, 5) is 2.13. The van der Waals surface area contributed by atoms with Crippen molar-refractivity contribution in [1.82, 2.24) is 0 Å². The van der Waals surface area contributed by atoms with Gasteiger partial charge in [0.2, 0.25) is 0 Å². The van der Waals surface area contributed by atoms with Gasteiger partial charge in [-0.1, -0.05) is 25.1 Å². The van der Waals surface area contributed by atoms with Gasteiger partial charge in [0.1, 0.15) is 0 Å². The van der Waals surface area contributed by atoms with Crippen molar-refractivity contribution in [3.05, 3.63) is 29.3 Å². The van der Waals surface area contributed by atoms with Crippen molar-refractivity contribution < 1.29 is 5.21 Å². The zero-order chi connectivity index (χ0) is 13.0. The van der Waals surface area contributed by atoms with Crippen LogP contribution < -0.4 is 10.6 Å². The first-order valence-electron chi connectivity index (χ1n) is 5.75. The molecule has 0 radical (unpaired) electrons. The molecule has 0 aliphatic carbocycles. The second-order valence-corrected chi connectivity index (χ2v) is 4.78. The summed E-state index contributed by atoms with van der Waals surface area (Å²) in [5.74, 6) is 0.705. The Bertz CT molecular complexity index is 413. The minimum absolute atomic E-state index is 0.149. The monoisotopic (exact) mass is 235 g/mol. The molecule has 0 amide bonds. The Morgan fingerprint density at radius 2 is 2.12 bits per heavy atom. The molecule has 17 heavy (non-hydrogen) atoms. The lowest BCUT2D eigenvalue weighted by atomic mass is 10.1. The normalized spacial score (nSPS) is 11.9. The number of hydrogen-bond acceptors (Lipinski definition) is 3. The largest absolute Gasteiger partial charge is 0.409 e. The molecular formula is C13H21N3O. The van der Waals surface area contributed by atoms with Crippen molar-refractivity contribution in [2.45, 2.75) is 20.8 Å². The average molecular weight is 235 g/mol. The molecule has 0 unspecified atom stereocenters. The smallest absolute Gasteiger partial charge is 0.172 e. The Kier molecular flexibility index (Phi) is 4.37. The number of hydrogen-bond donors (Lipinski definition) is 2. The lowest BCUT2D eigenvalue weighted by Crippen LogP contribution is -2.26. The van der Waals surface area contributed by atoms with E-state index in [4.69, 9.17) is 10.9 Å². The van der Waals surface area contributed by atoms with E-state index in [0.717, 1.165) is 23.4 Å². The third kappa shape index (κ3) is 3.37. The number of oxime groups is 1. The highest BCUT2D eigenvalue weighted by Crippen LogP contribution is 2.22. The Labute approximate surface area is 103 Å². The van der Waals surface area contributed by atoms with Crippen molar-refractivity contribution in [1.29, 1.82) is 0 Å². The number of rotatable bonds is 4. The van der Waals surface area contributed by atoms with E-state index in [2.05, 4.69) is 30.0 Å². The Hall–Kier alpha value is -1.71. The van der Waals surface area contributed by atoms with Crippen LogP contribution in [0.25, 0.3) is 0 Å². The number of nitrogens with zero attached hydrogens (tertiary/aromatic N) is 2. The summed E-state index contributed by atoms with van der Waals surface area (Å²) in [6.45, 7) is 7.28. The number of amidine groups is 1. The van der Waals surface area contributed by atoms with Crippen LogP contribution >= 0.6 is 0 Å². The maximum absolute atomic E-state index is 8.79. The zero-order valence-electron chi connectivity index (χ0n) is 10.9. The van der Waals surface area contributed by atoms with Gasteiger partial charge >= 0.3 is 0 Å². The predicted molar refractivity (Wildman–Crippen MR) is 71.8 cm³/mol. The molecule has 4 nitrogen and oxygen atoms in total. The van der Waals surface area contributed by atoms with Gasteiger partial charge in [-0.25, -0.2) is 0 Å². The molecule has 0 fully saturated rings. The van der Waals surface area contributed by atoms with Crippen molar-refractivity contribution in [3.63, 3.8) is 0 Å².